The molecule has 0 heterocycles. The molecule has 0 saturated heterocycles. The van der Waals surface area contributed by atoms with Gasteiger partial charge in [-0.2, -0.15) is 0 Å². The number of aliphatic hydroxyl groups is 2. The van der Waals surface area contributed by atoms with Crippen molar-refractivity contribution in [2.24, 2.45) is 5.41 Å². The summed E-state index contributed by atoms with van der Waals surface area (Å²) in [6.45, 7) is 6.50. The number of hydrogen-bond donors (Lipinski definition) is 2. The summed E-state index contributed by atoms with van der Waals surface area (Å²) < 4.78 is 2.03. The molecule has 0 aliphatic heterocycles. The molecule has 0 fully saturated rings. The highest BCUT2D eigenvalue weighted by Crippen LogP contribution is 2.59. The molecule has 144 valence electrons. The Balaban J connectivity index is 1.77. The minimum Gasteiger partial charge on any atom is -0.387 e. The van der Waals surface area contributed by atoms with E-state index in [0.29, 0.717) is 6.42 Å². The average Bonchev–Trinajstić information content (AvgIpc) is 2.87. The molecule has 2 N–H and O–H groups in total. The molecule has 3 atom stereocenters. The molecule has 2 nitrogen and oxygen atoms in total. The molecular formula is C24H22Br2O2. The standard InChI is InChI=1S/C24H22Br2O2/c1-23(2)18-8-12(25)4-5-14(18)15-10-17-16(11-19(15)23)21(27)20-9-13(26)6-7-24(20,3)22(17)28/h4-6,8-11,21-22,27-28H,7H2,1-3H3. The van der Waals surface area contributed by atoms with Crippen molar-refractivity contribution in [3.05, 3.63) is 79.3 Å². The largest absolute Gasteiger partial charge is 0.387 e. The molecule has 3 aliphatic rings. The number of halogens is 2. The molecule has 5 rings (SSSR count). The second-order valence-corrected chi connectivity index (χ2v) is 10.8. The monoisotopic (exact) mass is 500 g/mol. The third-order valence-electron chi connectivity index (χ3n) is 7.00. The molecule has 0 aromatic heterocycles. The number of fused-ring (bicyclic) bond motifs is 5. The van der Waals surface area contributed by atoms with Crippen LogP contribution < -0.4 is 0 Å². The van der Waals surface area contributed by atoms with E-state index in [1.165, 1.54) is 22.3 Å². The first-order valence-corrected chi connectivity index (χ1v) is 11.2. The third-order valence-corrected chi connectivity index (χ3v) is 8.05. The molecule has 3 unspecified atom stereocenters. The van der Waals surface area contributed by atoms with Crippen LogP contribution in [0.25, 0.3) is 11.1 Å². The van der Waals surface area contributed by atoms with Crippen LogP contribution in [-0.2, 0) is 5.41 Å². The maximum absolute atomic E-state index is 11.4. The highest BCUT2D eigenvalue weighted by Gasteiger charge is 2.48. The van der Waals surface area contributed by atoms with Crippen molar-refractivity contribution in [2.75, 3.05) is 0 Å². The quantitative estimate of drug-likeness (QED) is 0.435. The molecule has 4 heteroatoms. The van der Waals surface area contributed by atoms with E-state index in [1.807, 2.05) is 13.0 Å². The first-order valence-electron chi connectivity index (χ1n) is 9.57. The van der Waals surface area contributed by atoms with Gasteiger partial charge in [-0.3, -0.25) is 0 Å². The fourth-order valence-electron chi connectivity index (χ4n) is 5.23. The van der Waals surface area contributed by atoms with Crippen molar-refractivity contribution in [3.8, 4) is 11.1 Å². The van der Waals surface area contributed by atoms with Crippen LogP contribution in [-0.4, -0.2) is 10.2 Å². The van der Waals surface area contributed by atoms with Gasteiger partial charge in [0.05, 0.1) is 6.10 Å². The smallest absolute Gasteiger partial charge is 0.101 e. The SMILES string of the molecule is CC1(C)c2cc(Br)ccc2-c2cc3c(cc21)C(O)C1=CC(Br)=CCC1(C)C3O. The second-order valence-electron chi connectivity index (χ2n) is 8.96. The Morgan fingerprint density at radius 2 is 1.64 bits per heavy atom. The normalized spacial score (nSPS) is 29.2. The van der Waals surface area contributed by atoms with E-state index in [4.69, 9.17) is 0 Å². The molecule has 28 heavy (non-hydrogen) atoms. The Morgan fingerprint density at radius 3 is 2.39 bits per heavy atom. The summed E-state index contributed by atoms with van der Waals surface area (Å²) >= 11 is 7.15. The predicted molar refractivity (Wildman–Crippen MR) is 119 cm³/mol. The van der Waals surface area contributed by atoms with Crippen LogP contribution in [0.1, 0.15) is 61.7 Å². The summed E-state index contributed by atoms with van der Waals surface area (Å²) in [5, 5.41) is 22.7. The summed E-state index contributed by atoms with van der Waals surface area (Å²) in [4.78, 5) is 0. The van der Waals surface area contributed by atoms with Gasteiger partial charge in [0.1, 0.15) is 6.10 Å². The summed E-state index contributed by atoms with van der Waals surface area (Å²) in [6, 6.07) is 10.7. The lowest BCUT2D eigenvalue weighted by atomic mass is 9.62. The molecule has 0 amide bonds. The third kappa shape index (κ3) is 2.32. The lowest BCUT2D eigenvalue weighted by molar-refractivity contribution is 0.0255. The summed E-state index contributed by atoms with van der Waals surface area (Å²) in [6.07, 6.45) is 3.39. The van der Waals surface area contributed by atoms with Crippen LogP contribution in [0.5, 0.6) is 0 Å². The van der Waals surface area contributed by atoms with E-state index in [0.717, 1.165) is 25.7 Å². The highest BCUT2D eigenvalue weighted by molar-refractivity contribution is 9.12. The molecule has 3 aliphatic carbocycles. The van der Waals surface area contributed by atoms with Crippen molar-refractivity contribution >= 4 is 31.9 Å². The van der Waals surface area contributed by atoms with E-state index < -0.39 is 17.6 Å². The average molecular weight is 502 g/mol. The second kappa shape index (κ2) is 5.91. The van der Waals surface area contributed by atoms with Crippen LogP contribution in [0.3, 0.4) is 0 Å². The summed E-state index contributed by atoms with van der Waals surface area (Å²) in [5.41, 5.74) is 6.78. The summed E-state index contributed by atoms with van der Waals surface area (Å²) in [5.74, 6) is 0. The molecule has 0 saturated carbocycles. The zero-order chi connectivity index (χ0) is 20.0. The van der Waals surface area contributed by atoms with Crippen molar-refractivity contribution in [3.63, 3.8) is 0 Å². The number of aliphatic hydroxyl groups excluding tert-OH is 2. The molecular weight excluding hydrogens is 480 g/mol. The zero-order valence-electron chi connectivity index (χ0n) is 16.1. The van der Waals surface area contributed by atoms with E-state index in [9.17, 15) is 10.2 Å². The van der Waals surface area contributed by atoms with Crippen LogP contribution in [0.4, 0.5) is 0 Å². The van der Waals surface area contributed by atoms with Gasteiger partial charge in [0.15, 0.2) is 0 Å². The van der Waals surface area contributed by atoms with E-state index in [-0.39, 0.29) is 5.41 Å². The van der Waals surface area contributed by atoms with Crippen LogP contribution in [0.15, 0.2) is 57.0 Å². The molecule has 0 radical (unpaired) electrons. The van der Waals surface area contributed by atoms with E-state index in [2.05, 4.69) is 82.1 Å². The van der Waals surface area contributed by atoms with E-state index >= 15 is 0 Å². The van der Waals surface area contributed by atoms with Gasteiger partial charge in [0.25, 0.3) is 0 Å². The molecule has 0 bridgehead atoms. The topological polar surface area (TPSA) is 40.5 Å². The van der Waals surface area contributed by atoms with Crippen molar-refractivity contribution in [2.45, 2.75) is 44.8 Å². The maximum atomic E-state index is 11.4. The van der Waals surface area contributed by atoms with Crippen LogP contribution in [0, 0.1) is 5.41 Å². The predicted octanol–water partition coefficient (Wildman–Crippen LogP) is 6.45. The van der Waals surface area contributed by atoms with Gasteiger partial charge in [-0.05, 0) is 69.6 Å². The molecule has 2 aromatic rings. The zero-order valence-corrected chi connectivity index (χ0v) is 19.2. The Morgan fingerprint density at radius 1 is 0.929 bits per heavy atom. The van der Waals surface area contributed by atoms with Gasteiger partial charge < -0.3 is 10.2 Å². The van der Waals surface area contributed by atoms with Gasteiger partial charge in [-0.1, -0.05) is 70.8 Å². The first-order chi connectivity index (χ1) is 13.1. The number of allylic oxidation sites excluding steroid dienone is 3. The van der Waals surface area contributed by atoms with E-state index in [1.54, 1.807) is 0 Å². The number of hydrogen-bond acceptors (Lipinski definition) is 2. The summed E-state index contributed by atoms with van der Waals surface area (Å²) in [7, 11) is 0. The minimum absolute atomic E-state index is 0.156. The van der Waals surface area contributed by atoms with Gasteiger partial charge in [0, 0.05) is 19.8 Å². The van der Waals surface area contributed by atoms with Gasteiger partial charge in [-0.15, -0.1) is 0 Å². The Labute approximate surface area is 182 Å². The minimum atomic E-state index is -0.707. The lowest BCUT2D eigenvalue weighted by Gasteiger charge is -2.46. The van der Waals surface area contributed by atoms with Crippen LogP contribution in [0.2, 0.25) is 0 Å². The van der Waals surface area contributed by atoms with Crippen molar-refractivity contribution in [1.29, 1.82) is 0 Å². The lowest BCUT2D eigenvalue weighted by Crippen LogP contribution is -2.37. The number of rotatable bonds is 0. The number of benzene rings is 2. The first kappa shape index (κ1) is 18.8. The molecule has 2 aromatic carbocycles. The van der Waals surface area contributed by atoms with Crippen LogP contribution >= 0.6 is 31.9 Å². The fourth-order valence-corrected chi connectivity index (χ4v) is 6.00. The van der Waals surface area contributed by atoms with Crippen molar-refractivity contribution in [1.82, 2.24) is 0 Å². The van der Waals surface area contributed by atoms with Gasteiger partial charge in [0.2, 0.25) is 0 Å². The Bertz CT molecular complexity index is 1100. The maximum Gasteiger partial charge on any atom is 0.101 e. The Hall–Kier alpha value is -1.20. The van der Waals surface area contributed by atoms with Gasteiger partial charge in [-0.25, -0.2) is 0 Å². The van der Waals surface area contributed by atoms with Crippen molar-refractivity contribution < 1.29 is 10.2 Å². The highest BCUT2D eigenvalue weighted by atomic mass is 79.9. The van der Waals surface area contributed by atoms with Gasteiger partial charge >= 0.3 is 0 Å². The fraction of sp³-hybridized carbons (Fsp3) is 0.333. The Kier molecular flexibility index (Phi) is 3.97. The molecule has 0 spiro atoms.